The fraction of sp³-hybridized carbons (Fsp3) is 0.107. The molecule has 3 heterocycles. The zero-order valence-corrected chi connectivity index (χ0v) is 19.1. The lowest BCUT2D eigenvalue weighted by Gasteiger charge is -2.13. The number of hydrogen-bond donors (Lipinski definition) is 2. The fourth-order valence-electron chi connectivity index (χ4n) is 4.68. The third-order valence-corrected chi connectivity index (χ3v) is 6.41. The number of fused-ring (bicyclic) bond motifs is 3. The maximum atomic E-state index is 5.53. The van der Waals surface area contributed by atoms with E-state index in [0.717, 1.165) is 72.6 Å². The average molecular weight is 450 g/mol. The third kappa shape index (κ3) is 3.07. The highest BCUT2D eigenvalue weighted by Crippen LogP contribution is 2.44. The van der Waals surface area contributed by atoms with Crippen molar-refractivity contribution in [1.82, 2.24) is 9.97 Å². The highest BCUT2D eigenvalue weighted by molar-refractivity contribution is 6.29. The molecule has 2 aromatic heterocycles. The van der Waals surface area contributed by atoms with Gasteiger partial charge in [-0.3, -0.25) is 4.99 Å². The lowest BCUT2D eigenvalue weighted by Crippen LogP contribution is -1.94. The molecule has 0 fully saturated rings. The van der Waals surface area contributed by atoms with Crippen LogP contribution in [0.15, 0.2) is 72.0 Å². The first-order valence-corrected chi connectivity index (χ1v) is 11.0. The Morgan fingerprint density at radius 2 is 1.21 bits per heavy atom. The van der Waals surface area contributed by atoms with Crippen molar-refractivity contribution in [3.05, 3.63) is 83.7 Å². The van der Waals surface area contributed by atoms with Gasteiger partial charge in [0, 0.05) is 68.3 Å². The van der Waals surface area contributed by atoms with Crippen LogP contribution in [0.1, 0.15) is 16.7 Å². The number of hydrogen-bond acceptors (Lipinski definition) is 4. The predicted molar refractivity (Wildman–Crippen MR) is 137 cm³/mol. The van der Waals surface area contributed by atoms with Crippen molar-refractivity contribution >= 4 is 44.9 Å². The summed E-state index contributed by atoms with van der Waals surface area (Å²) in [7, 11) is 5.05. The van der Waals surface area contributed by atoms with Gasteiger partial charge in [-0.25, -0.2) is 0 Å². The molecule has 5 aromatic rings. The van der Waals surface area contributed by atoms with Gasteiger partial charge in [-0.15, -0.1) is 0 Å². The van der Waals surface area contributed by atoms with Gasteiger partial charge in [-0.05, 0) is 54.6 Å². The first-order chi connectivity index (χ1) is 16.7. The number of aliphatic imine (C=N–C) groups is 1. The standard InChI is InChI=1S/C28H23N3O3/c1-32-16-4-7-25-19(10-16)22(13-29-25)28(23-14-30-26-8-5-17(33-2)11-20(23)26)24-15-31-27-9-6-18(34-3)12-21(24)27/h4-15,29-30H,1-3H3. The Kier molecular flexibility index (Phi) is 4.66. The number of aromatic amines is 2. The van der Waals surface area contributed by atoms with Crippen LogP contribution in [0.4, 0.5) is 5.69 Å². The molecular formula is C28H23N3O3. The number of aromatic nitrogens is 2. The zero-order chi connectivity index (χ0) is 23.2. The SMILES string of the molecule is COc1ccc2c(c1)C(=C(c1c[nH]c3ccc(OC)cc13)c1c[nH]c3ccc(OC)cc13)C=N2. The third-order valence-electron chi connectivity index (χ3n) is 6.41. The van der Waals surface area contributed by atoms with Crippen LogP contribution in [0, 0.1) is 0 Å². The molecule has 6 nitrogen and oxygen atoms in total. The van der Waals surface area contributed by atoms with Gasteiger partial charge in [-0.2, -0.15) is 0 Å². The summed E-state index contributed by atoms with van der Waals surface area (Å²) in [5.41, 5.74) is 8.24. The van der Waals surface area contributed by atoms with Crippen molar-refractivity contribution in [1.29, 1.82) is 0 Å². The number of benzene rings is 3. The Morgan fingerprint density at radius 1 is 0.676 bits per heavy atom. The van der Waals surface area contributed by atoms with Crippen molar-refractivity contribution in [3.63, 3.8) is 0 Å². The lowest BCUT2D eigenvalue weighted by molar-refractivity contribution is 0.414. The number of allylic oxidation sites excluding steroid dienone is 1. The second-order valence-electron chi connectivity index (χ2n) is 8.16. The van der Waals surface area contributed by atoms with Crippen LogP contribution in [0.25, 0.3) is 33.0 Å². The van der Waals surface area contributed by atoms with Crippen LogP contribution in [-0.2, 0) is 0 Å². The summed E-state index contributed by atoms with van der Waals surface area (Å²) in [6, 6.07) is 18.1. The largest absolute Gasteiger partial charge is 0.497 e. The molecule has 34 heavy (non-hydrogen) atoms. The average Bonchev–Trinajstić information content (AvgIpc) is 3.61. The first-order valence-electron chi connectivity index (χ1n) is 11.0. The van der Waals surface area contributed by atoms with Crippen LogP contribution < -0.4 is 14.2 Å². The molecule has 0 atom stereocenters. The highest BCUT2D eigenvalue weighted by Gasteiger charge is 2.24. The van der Waals surface area contributed by atoms with Crippen molar-refractivity contribution in [2.45, 2.75) is 0 Å². The van der Waals surface area contributed by atoms with Crippen molar-refractivity contribution in [2.24, 2.45) is 4.99 Å². The molecule has 0 radical (unpaired) electrons. The van der Waals surface area contributed by atoms with Crippen molar-refractivity contribution in [2.75, 3.05) is 21.3 Å². The van der Waals surface area contributed by atoms with Gasteiger partial charge in [0.2, 0.25) is 0 Å². The number of H-pyrrole nitrogens is 2. The number of rotatable bonds is 5. The van der Waals surface area contributed by atoms with Gasteiger partial charge in [0.1, 0.15) is 17.2 Å². The minimum absolute atomic E-state index is 0.794. The smallest absolute Gasteiger partial charge is 0.119 e. The lowest BCUT2D eigenvalue weighted by atomic mass is 9.89. The van der Waals surface area contributed by atoms with Gasteiger partial charge in [0.25, 0.3) is 0 Å². The molecule has 0 spiro atoms. The Balaban J connectivity index is 1.71. The normalized spacial score (nSPS) is 12.4. The van der Waals surface area contributed by atoms with E-state index >= 15 is 0 Å². The zero-order valence-electron chi connectivity index (χ0n) is 19.1. The van der Waals surface area contributed by atoms with Crippen LogP contribution in [0.3, 0.4) is 0 Å². The van der Waals surface area contributed by atoms with Gasteiger partial charge >= 0.3 is 0 Å². The quantitative estimate of drug-likeness (QED) is 0.328. The number of methoxy groups -OCH3 is 3. The van der Waals surface area contributed by atoms with E-state index in [1.807, 2.05) is 48.7 Å². The maximum Gasteiger partial charge on any atom is 0.119 e. The van der Waals surface area contributed by atoms with Crippen LogP contribution in [0.5, 0.6) is 17.2 Å². The topological polar surface area (TPSA) is 71.6 Å². The molecule has 0 aliphatic carbocycles. The Morgan fingerprint density at radius 3 is 1.76 bits per heavy atom. The summed E-state index contributed by atoms with van der Waals surface area (Å²) in [5.74, 6) is 2.41. The molecule has 0 saturated heterocycles. The fourth-order valence-corrected chi connectivity index (χ4v) is 4.68. The van der Waals surface area contributed by atoms with Crippen LogP contribution >= 0.6 is 0 Å². The predicted octanol–water partition coefficient (Wildman–Crippen LogP) is 6.35. The van der Waals surface area contributed by atoms with E-state index in [1.165, 1.54) is 0 Å². The van der Waals surface area contributed by atoms with Crippen molar-refractivity contribution in [3.8, 4) is 17.2 Å². The van der Waals surface area contributed by atoms with Gasteiger partial charge < -0.3 is 24.2 Å². The van der Waals surface area contributed by atoms with E-state index in [1.54, 1.807) is 21.3 Å². The maximum absolute atomic E-state index is 5.53. The summed E-state index contributed by atoms with van der Waals surface area (Å²) in [6.07, 6.45) is 6.05. The van der Waals surface area contributed by atoms with Gasteiger partial charge in [0.05, 0.1) is 27.0 Å². The minimum atomic E-state index is 0.794. The molecule has 0 amide bonds. The molecule has 3 aromatic carbocycles. The monoisotopic (exact) mass is 449 g/mol. The highest BCUT2D eigenvalue weighted by atomic mass is 16.5. The summed E-state index contributed by atoms with van der Waals surface area (Å²) >= 11 is 0. The van der Waals surface area contributed by atoms with Crippen LogP contribution in [0.2, 0.25) is 0 Å². The molecule has 6 rings (SSSR count). The first kappa shape index (κ1) is 20.2. The molecule has 0 unspecified atom stereocenters. The van der Waals surface area contributed by atoms with Gasteiger partial charge in [-0.1, -0.05) is 0 Å². The van der Waals surface area contributed by atoms with Gasteiger partial charge in [0.15, 0.2) is 0 Å². The van der Waals surface area contributed by atoms with E-state index in [4.69, 9.17) is 19.2 Å². The van der Waals surface area contributed by atoms with Crippen LogP contribution in [-0.4, -0.2) is 37.5 Å². The summed E-state index contributed by atoms with van der Waals surface area (Å²) in [5, 5.41) is 2.15. The van der Waals surface area contributed by atoms with E-state index in [2.05, 4.69) is 34.5 Å². The Labute approximate surface area is 196 Å². The number of nitrogens with zero attached hydrogens (tertiary/aromatic N) is 1. The molecular weight excluding hydrogens is 426 g/mol. The molecule has 0 saturated carbocycles. The molecule has 2 N–H and O–H groups in total. The van der Waals surface area contributed by atoms with Crippen molar-refractivity contribution < 1.29 is 14.2 Å². The molecule has 168 valence electrons. The minimum Gasteiger partial charge on any atom is -0.497 e. The summed E-state index contributed by atoms with van der Waals surface area (Å²) < 4.78 is 16.6. The van der Waals surface area contributed by atoms with E-state index in [9.17, 15) is 0 Å². The summed E-state index contributed by atoms with van der Waals surface area (Å²) in [4.78, 5) is 11.6. The van der Waals surface area contributed by atoms with E-state index in [-0.39, 0.29) is 0 Å². The molecule has 1 aliphatic heterocycles. The summed E-state index contributed by atoms with van der Waals surface area (Å²) in [6.45, 7) is 0. The number of ether oxygens (including phenoxy) is 3. The van der Waals surface area contributed by atoms with E-state index in [0.29, 0.717) is 0 Å². The number of nitrogens with one attached hydrogen (secondary N) is 2. The van der Waals surface area contributed by atoms with E-state index < -0.39 is 0 Å². The second kappa shape index (κ2) is 7.85. The molecule has 1 aliphatic rings. The Bertz CT molecular complexity index is 1540. The molecule has 0 bridgehead atoms. The molecule has 6 heteroatoms. The second-order valence-corrected chi connectivity index (χ2v) is 8.16. The Hall–Kier alpha value is -4.45.